The Labute approximate surface area is 92.6 Å². The minimum Gasteiger partial charge on any atom is -0.341 e. The molecular formula is C10H17F3N2O. The molecule has 3 nitrogen and oxygen atoms in total. The van der Waals surface area contributed by atoms with Crippen molar-refractivity contribution in [3.8, 4) is 0 Å². The molecular weight excluding hydrogens is 221 g/mol. The first kappa shape index (κ1) is 13.3. The summed E-state index contributed by atoms with van der Waals surface area (Å²) in [5.74, 6) is -0.826. The van der Waals surface area contributed by atoms with Crippen molar-refractivity contribution in [3.63, 3.8) is 0 Å². The van der Waals surface area contributed by atoms with Gasteiger partial charge in [-0.15, -0.1) is 0 Å². The maximum atomic E-state index is 12.5. The average Bonchev–Trinajstić information content (AvgIpc) is 2.95. The number of carbonyl (C=O) groups is 1. The van der Waals surface area contributed by atoms with Gasteiger partial charge in [0.1, 0.15) is 5.54 Å². The lowest BCUT2D eigenvalue weighted by molar-refractivity contribution is -0.171. The Bertz CT molecular complexity index is 274. The molecule has 0 aromatic carbocycles. The number of rotatable bonds is 4. The second-order valence-corrected chi connectivity index (χ2v) is 4.48. The maximum Gasteiger partial charge on any atom is 0.411 e. The first-order chi connectivity index (χ1) is 7.23. The van der Waals surface area contributed by atoms with Crippen LogP contribution in [0.3, 0.4) is 0 Å². The Morgan fingerprint density at radius 3 is 2.31 bits per heavy atom. The zero-order valence-electron chi connectivity index (χ0n) is 9.40. The molecule has 94 valence electrons. The van der Waals surface area contributed by atoms with Crippen LogP contribution in [0.4, 0.5) is 13.2 Å². The van der Waals surface area contributed by atoms with E-state index in [9.17, 15) is 18.0 Å². The summed E-state index contributed by atoms with van der Waals surface area (Å²) in [7, 11) is 0. The molecule has 0 aromatic rings. The van der Waals surface area contributed by atoms with Crippen molar-refractivity contribution in [2.75, 3.05) is 0 Å². The molecule has 1 fully saturated rings. The van der Waals surface area contributed by atoms with Gasteiger partial charge < -0.3 is 11.1 Å². The monoisotopic (exact) mass is 238 g/mol. The van der Waals surface area contributed by atoms with Gasteiger partial charge in [-0.1, -0.05) is 20.3 Å². The Balaban J connectivity index is 2.59. The van der Waals surface area contributed by atoms with Crippen molar-refractivity contribution in [3.05, 3.63) is 0 Å². The third kappa shape index (κ3) is 2.48. The van der Waals surface area contributed by atoms with Gasteiger partial charge in [0.2, 0.25) is 5.91 Å². The number of halogens is 3. The second-order valence-electron chi connectivity index (χ2n) is 4.48. The summed E-state index contributed by atoms with van der Waals surface area (Å²) >= 11 is 0. The van der Waals surface area contributed by atoms with Crippen molar-refractivity contribution in [2.24, 2.45) is 11.7 Å². The molecule has 2 atom stereocenters. The van der Waals surface area contributed by atoms with Crippen LogP contribution in [0.15, 0.2) is 0 Å². The maximum absolute atomic E-state index is 12.5. The Hall–Kier alpha value is -0.780. The number of hydrogen-bond acceptors (Lipinski definition) is 2. The fourth-order valence-corrected chi connectivity index (χ4v) is 1.44. The number of nitrogens with one attached hydrogen (secondary N) is 1. The molecule has 0 unspecified atom stereocenters. The fourth-order valence-electron chi connectivity index (χ4n) is 1.44. The Morgan fingerprint density at radius 2 is 2.00 bits per heavy atom. The lowest BCUT2D eigenvalue weighted by atomic mass is 9.99. The molecule has 3 N–H and O–H groups in total. The van der Waals surface area contributed by atoms with Crippen molar-refractivity contribution in [2.45, 2.75) is 50.9 Å². The number of carbonyl (C=O) groups excluding carboxylic acids is 1. The molecule has 0 bridgehead atoms. The van der Waals surface area contributed by atoms with Crippen molar-refractivity contribution in [1.82, 2.24) is 5.32 Å². The van der Waals surface area contributed by atoms with Gasteiger partial charge >= 0.3 is 6.18 Å². The first-order valence-corrected chi connectivity index (χ1v) is 5.38. The van der Waals surface area contributed by atoms with Crippen molar-refractivity contribution in [1.29, 1.82) is 0 Å². The van der Waals surface area contributed by atoms with Gasteiger partial charge in [-0.25, -0.2) is 0 Å². The van der Waals surface area contributed by atoms with Crippen LogP contribution in [-0.2, 0) is 4.79 Å². The summed E-state index contributed by atoms with van der Waals surface area (Å²) in [6.07, 6.45) is -3.81. The average molecular weight is 238 g/mol. The molecule has 1 aliphatic rings. The molecule has 1 rings (SSSR count). The fraction of sp³-hybridized carbons (Fsp3) is 0.900. The van der Waals surface area contributed by atoms with Gasteiger partial charge in [-0.2, -0.15) is 13.2 Å². The third-order valence-electron chi connectivity index (χ3n) is 3.21. The molecule has 1 amide bonds. The Morgan fingerprint density at radius 1 is 1.50 bits per heavy atom. The van der Waals surface area contributed by atoms with E-state index in [4.69, 9.17) is 5.73 Å². The minimum absolute atomic E-state index is 0.0462. The minimum atomic E-state index is -4.38. The van der Waals surface area contributed by atoms with E-state index in [0.29, 0.717) is 6.42 Å². The largest absolute Gasteiger partial charge is 0.411 e. The summed E-state index contributed by atoms with van der Waals surface area (Å²) in [5.41, 5.74) is 3.57. The van der Waals surface area contributed by atoms with Gasteiger partial charge in [0.05, 0.1) is 6.04 Å². The SMILES string of the molecule is CC[C@H](C)[C@H](N)C(=O)NC1(C(F)(F)F)CC1. The quantitative estimate of drug-likeness (QED) is 0.781. The lowest BCUT2D eigenvalue weighted by Crippen LogP contribution is -2.54. The van der Waals surface area contributed by atoms with Crippen LogP contribution in [0.5, 0.6) is 0 Å². The predicted molar refractivity (Wildman–Crippen MR) is 53.6 cm³/mol. The van der Waals surface area contributed by atoms with Crippen molar-refractivity contribution < 1.29 is 18.0 Å². The number of hydrogen-bond donors (Lipinski definition) is 2. The zero-order valence-corrected chi connectivity index (χ0v) is 9.40. The zero-order chi connectivity index (χ0) is 12.6. The van der Waals surface area contributed by atoms with Crippen LogP contribution in [0.2, 0.25) is 0 Å². The van der Waals surface area contributed by atoms with Crippen LogP contribution in [0.1, 0.15) is 33.1 Å². The van der Waals surface area contributed by atoms with E-state index in [1.54, 1.807) is 6.92 Å². The summed E-state index contributed by atoms with van der Waals surface area (Å²) in [6.45, 7) is 3.59. The highest BCUT2D eigenvalue weighted by molar-refractivity contribution is 5.83. The lowest BCUT2D eigenvalue weighted by Gasteiger charge is -2.24. The van der Waals surface area contributed by atoms with Gasteiger partial charge in [-0.05, 0) is 18.8 Å². The van der Waals surface area contributed by atoms with E-state index in [1.807, 2.05) is 12.2 Å². The molecule has 0 radical (unpaired) electrons. The van der Waals surface area contributed by atoms with Crippen LogP contribution in [0, 0.1) is 5.92 Å². The molecule has 0 aromatic heterocycles. The van der Waals surface area contributed by atoms with Crippen LogP contribution in [0.25, 0.3) is 0 Å². The standard InChI is InChI=1S/C10H17F3N2O/c1-3-6(2)7(14)8(16)15-9(4-5-9)10(11,12)13/h6-7H,3-5,14H2,1-2H3,(H,15,16)/t6-,7-/m0/s1. The van der Waals surface area contributed by atoms with Gasteiger partial charge in [-0.3, -0.25) is 4.79 Å². The van der Waals surface area contributed by atoms with E-state index >= 15 is 0 Å². The number of amides is 1. The topological polar surface area (TPSA) is 55.1 Å². The third-order valence-corrected chi connectivity index (χ3v) is 3.21. The molecule has 0 spiro atoms. The number of nitrogens with two attached hydrogens (primary N) is 1. The smallest absolute Gasteiger partial charge is 0.341 e. The Kier molecular flexibility index (Phi) is 3.52. The normalized spacial score (nSPS) is 22.4. The number of alkyl halides is 3. The van der Waals surface area contributed by atoms with E-state index in [-0.39, 0.29) is 18.8 Å². The summed E-state index contributed by atoms with van der Waals surface area (Å²) in [5, 5.41) is 2.03. The first-order valence-electron chi connectivity index (χ1n) is 5.38. The van der Waals surface area contributed by atoms with Crippen molar-refractivity contribution >= 4 is 5.91 Å². The van der Waals surface area contributed by atoms with Gasteiger partial charge in [0, 0.05) is 0 Å². The van der Waals surface area contributed by atoms with Gasteiger partial charge in [0.25, 0.3) is 0 Å². The highest BCUT2D eigenvalue weighted by Crippen LogP contribution is 2.48. The van der Waals surface area contributed by atoms with E-state index in [2.05, 4.69) is 0 Å². The van der Waals surface area contributed by atoms with E-state index in [1.165, 1.54) is 0 Å². The second kappa shape index (κ2) is 4.24. The van der Waals surface area contributed by atoms with Crippen LogP contribution in [-0.4, -0.2) is 23.7 Å². The molecule has 16 heavy (non-hydrogen) atoms. The molecule has 1 aliphatic carbocycles. The highest BCUT2D eigenvalue weighted by atomic mass is 19.4. The summed E-state index contributed by atoms with van der Waals surface area (Å²) < 4.78 is 37.6. The van der Waals surface area contributed by atoms with Crippen LogP contribution < -0.4 is 11.1 Å². The molecule has 0 saturated heterocycles. The van der Waals surface area contributed by atoms with E-state index < -0.39 is 23.7 Å². The predicted octanol–water partition coefficient (Wildman–Crippen LogP) is 1.57. The van der Waals surface area contributed by atoms with E-state index in [0.717, 1.165) is 0 Å². The summed E-state index contributed by atoms with van der Waals surface area (Å²) in [6, 6.07) is -0.871. The molecule has 0 heterocycles. The molecule has 0 aliphatic heterocycles. The molecule has 1 saturated carbocycles. The summed E-state index contributed by atoms with van der Waals surface area (Å²) in [4.78, 5) is 11.5. The van der Waals surface area contributed by atoms with Crippen LogP contribution >= 0.6 is 0 Å². The molecule has 6 heteroatoms. The van der Waals surface area contributed by atoms with Gasteiger partial charge in [0.15, 0.2) is 0 Å². The highest BCUT2D eigenvalue weighted by Gasteiger charge is 2.64.